The lowest BCUT2D eigenvalue weighted by Gasteiger charge is -2.29. The highest BCUT2D eigenvalue weighted by atomic mass is 35.5. The number of thiazole rings is 1. The summed E-state index contributed by atoms with van der Waals surface area (Å²) in [5.41, 5.74) is 0.457. The maximum Gasteiger partial charge on any atom is 0.271 e. The first-order valence-electron chi connectivity index (χ1n) is 9.76. The molecule has 172 valence electrons. The van der Waals surface area contributed by atoms with Crippen molar-refractivity contribution in [2.75, 3.05) is 13.1 Å². The number of rotatable bonds is 5. The van der Waals surface area contributed by atoms with Crippen LogP contribution in [-0.2, 0) is 21.4 Å². The van der Waals surface area contributed by atoms with E-state index in [1.807, 2.05) is 0 Å². The van der Waals surface area contributed by atoms with E-state index >= 15 is 0 Å². The minimum Gasteiger partial charge on any atom is -0.304 e. The minimum atomic E-state index is -3.65. The number of halogens is 1. The van der Waals surface area contributed by atoms with Gasteiger partial charge in [-0.2, -0.15) is 9.30 Å². The summed E-state index contributed by atoms with van der Waals surface area (Å²) >= 11 is 8.09. The highest BCUT2D eigenvalue weighted by Crippen LogP contribution is 2.31. The van der Waals surface area contributed by atoms with E-state index in [1.165, 1.54) is 33.8 Å². The van der Waals surface area contributed by atoms with Gasteiger partial charge in [-0.05, 0) is 31.0 Å². The second-order valence-corrected chi connectivity index (χ2v) is 12.2. The Balaban J connectivity index is 1.56. The summed E-state index contributed by atoms with van der Waals surface area (Å²) in [5.74, 6) is 1.70. The number of carbonyl (C=O) groups excluding carboxylic acids is 1. The van der Waals surface area contributed by atoms with Crippen LogP contribution < -0.4 is 4.80 Å². The molecule has 2 aromatic heterocycles. The van der Waals surface area contributed by atoms with Gasteiger partial charge in [-0.15, -0.1) is 17.8 Å². The highest BCUT2D eigenvalue weighted by Gasteiger charge is 2.33. The van der Waals surface area contributed by atoms with Gasteiger partial charge in [-0.25, -0.2) is 8.42 Å². The Hall–Kier alpha value is -2.56. The van der Waals surface area contributed by atoms with Gasteiger partial charge in [0.15, 0.2) is 4.80 Å². The molecule has 4 rings (SSSR count). The lowest BCUT2D eigenvalue weighted by Crippen LogP contribution is -2.40. The summed E-state index contributed by atoms with van der Waals surface area (Å²) in [5, 5.41) is 11.1. The van der Waals surface area contributed by atoms with E-state index in [2.05, 4.69) is 10.9 Å². The Morgan fingerprint density at radius 1 is 1.27 bits per heavy atom. The number of thiophene rings is 1. The van der Waals surface area contributed by atoms with Gasteiger partial charge in [-0.1, -0.05) is 28.9 Å². The number of hydrogen-bond acceptors (Lipinski definition) is 7. The molecule has 0 spiro atoms. The van der Waals surface area contributed by atoms with E-state index in [0.717, 1.165) is 16.0 Å². The van der Waals surface area contributed by atoms with Crippen LogP contribution in [0.25, 0.3) is 10.2 Å². The maximum absolute atomic E-state index is 12.9. The number of aromatic nitrogens is 1. The third-order valence-corrected chi connectivity index (χ3v) is 9.93. The van der Waals surface area contributed by atoms with Gasteiger partial charge in [0.2, 0.25) is 0 Å². The molecule has 1 aromatic carbocycles. The Morgan fingerprint density at radius 2 is 2.00 bits per heavy atom. The predicted molar refractivity (Wildman–Crippen MR) is 127 cm³/mol. The number of nitrogens with zero attached hydrogens (tertiary/aromatic N) is 4. The number of piperidine rings is 1. The lowest BCUT2D eigenvalue weighted by atomic mass is 9.98. The molecule has 33 heavy (non-hydrogen) atoms. The van der Waals surface area contributed by atoms with Crippen molar-refractivity contribution in [2.24, 2.45) is 10.9 Å². The molecule has 1 fully saturated rings. The molecule has 0 radical (unpaired) electrons. The molecular formula is C20H17ClN4O5S3. The zero-order valence-electron chi connectivity index (χ0n) is 17.0. The van der Waals surface area contributed by atoms with Crippen LogP contribution in [0.5, 0.6) is 0 Å². The molecular weight excluding hydrogens is 508 g/mol. The summed E-state index contributed by atoms with van der Waals surface area (Å²) < 4.78 is 29.8. The standard InChI is InChI=1S/C20H17ClN4O5S3/c1-2-9-24-15-12-14(25(27)28)3-4-16(15)31-20(24)22-19(26)13-7-10-23(11-8-13)33(29,30)18-6-5-17(21)32-18/h1,3-6,12-13H,7-11H2. The fourth-order valence-electron chi connectivity index (χ4n) is 3.59. The average Bonchev–Trinajstić information content (AvgIpc) is 3.38. The summed E-state index contributed by atoms with van der Waals surface area (Å²) in [6, 6.07) is 7.42. The van der Waals surface area contributed by atoms with E-state index < -0.39 is 20.9 Å². The van der Waals surface area contributed by atoms with Gasteiger partial charge in [0.25, 0.3) is 21.6 Å². The number of carbonyl (C=O) groups is 1. The van der Waals surface area contributed by atoms with Gasteiger partial charge in [0.1, 0.15) is 4.21 Å². The third kappa shape index (κ3) is 4.73. The second-order valence-electron chi connectivity index (χ2n) is 7.27. The van der Waals surface area contributed by atoms with Crippen LogP contribution in [0.4, 0.5) is 5.69 Å². The van der Waals surface area contributed by atoms with Crippen molar-refractivity contribution < 1.29 is 18.1 Å². The molecule has 3 aromatic rings. The number of fused-ring (bicyclic) bond motifs is 1. The molecule has 3 heterocycles. The van der Waals surface area contributed by atoms with Gasteiger partial charge in [-0.3, -0.25) is 14.9 Å². The molecule has 1 aliphatic heterocycles. The largest absolute Gasteiger partial charge is 0.304 e. The van der Waals surface area contributed by atoms with Crippen molar-refractivity contribution in [1.29, 1.82) is 0 Å². The highest BCUT2D eigenvalue weighted by molar-refractivity contribution is 7.91. The normalized spacial score (nSPS) is 16.2. The first-order valence-corrected chi connectivity index (χ1v) is 13.2. The monoisotopic (exact) mass is 524 g/mol. The van der Waals surface area contributed by atoms with Crippen molar-refractivity contribution >= 4 is 66.1 Å². The minimum absolute atomic E-state index is 0.0791. The van der Waals surface area contributed by atoms with Crippen LogP contribution in [0.2, 0.25) is 4.34 Å². The molecule has 0 bridgehead atoms. The molecule has 1 aliphatic rings. The molecule has 0 saturated carbocycles. The van der Waals surface area contributed by atoms with Gasteiger partial charge in [0, 0.05) is 31.1 Å². The smallest absolute Gasteiger partial charge is 0.271 e. The van der Waals surface area contributed by atoms with Crippen molar-refractivity contribution in [2.45, 2.75) is 23.6 Å². The van der Waals surface area contributed by atoms with Gasteiger partial charge >= 0.3 is 0 Å². The van der Waals surface area contributed by atoms with Crippen molar-refractivity contribution in [1.82, 2.24) is 8.87 Å². The first kappa shape index (κ1) is 23.6. The van der Waals surface area contributed by atoms with E-state index in [0.29, 0.717) is 27.5 Å². The lowest BCUT2D eigenvalue weighted by molar-refractivity contribution is -0.384. The van der Waals surface area contributed by atoms with E-state index in [9.17, 15) is 23.3 Å². The Labute approximate surface area is 202 Å². The van der Waals surface area contributed by atoms with Crippen molar-refractivity contribution in [3.8, 4) is 12.3 Å². The Morgan fingerprint density at radius 3 is 2.61 bits per heavy atom. The van der Waals surface area contributed by atoms with Crippen LogP contribution in [-0.4, -0.2) is 41.2 Å². The third-order valence-electron chi connectivity index (χ3n) is 5.28. The molecule has 0 unspecified atom stereocenters. The fourth-order valence-corrected chi connectivity index (χ4v) is 7.71. The van der Waals surface area contributed by atoms with Crippen molar-refractivity contribution in [3.63, 3.8) is 0 Å². The number of non-ortho nitro benzene ring substituents is 1. The molecule has 13 heteroatoms. The summed E-state index contributed by atoms with van der Waals surface area (Å²) in [7, 11) is -3.65. The van der Waals surface area contributed by atoms with Crippen LogP contribution in [0.15, 0.2) is 39.5 Å². The zero-order chi connectivity index (χ0) is 23.8. The fraction of sp³-hybridized carbons (Fsp3) is 0.300. The summed E-state index contributed by atoms with van der Waals surface area (Å²) in [6.45, 7) is 0.507. The topological polar surface area (TPSA) is 115 Å². The van der Waals surface area contributed by atoms with Crippen molar-refractivity contribution in [3.05, 3.63) is 49.6 Å². The van der Waals surface area contributed by atoms with Crippen LogP contribution in [0, 0.1) is 28.4 Å². The quantitative estimate of drug-likeness (QED) is 0.288. The molecule has 1 amide bonds. The number of nitro groups is 1. The number of sulfonamides is 1. The number of terminal acetylenes is 1. The molecule has 0 N–H and O–H groups in total. The predicted octanol–water partition coefficient (Wildman–Crippen LogP) is 3.49. The molecule has 9 nitrogen and oxygen atoms in total. The van der Waals surface area contributed by atoms with Crippen LogP contribution >= 0.6 is 34.3 Å². The van der Waals surface area contributed by atoms with Crippen LogP contribution in [0.3, 0.4) is 0 Å². The molecule has 1 saturated heterocycles. The second kappa shape index (κ2) is 9.36. The average molecular weight is 525 g/mol. The first-order chi connectivity index (χ1) is 15.7. The molecule has 0 aliphatic carbocycles. The SMILES string of the molecule is C#CCn1c(=NC(=O)C2CCN(S(=O)(=O)c3ccc(Cl)s3)CC2)sc2ccc([N+](=O)[O-])cc21. The van der Waals surface area contributed by atoms with Crippen LogP contribution in [0.1, 0.15) is 12.8 Å². The summed E-state index contributed by atoms with van der Waals surface area (Å²) in [4.78, 5) is 28.1. The molecule has 0 atom stereocenters. The number of amides is 1. The zero-order valence-corrected chi connectivity index (χ0v) is 20.2. The van der Waals surface area contributed by atoms with E-state index in [4.69, 9.17) is 18.0 Å². The number of benzene rings is 1. The van der Waals surface area contributed by atoms with E-state index in [1.54, 1.807) is 16.7 Å². The van der Waals surface area contributed by atoms with Gasteiger partial charge in [0.05, 0.1) is 26.0 Å². The Bertz CT molecular complexity index is 1460. The maximum atomic E-state index is 12.9. The van der Waals surface area contributed by atoms with E-state index in [-0.39, 0.29) is 35.4 Å². The Kier molecular flexibility index (Phi) is 6.69. The summed E-state index contributed by atoms with van der Waals surface area (Å²) in [6.07, 6.45) is 6.14. The number of hydrogen-bond donors (Lipinski definition) is 0. The van der Waals surface area contributed by atoms with Gasteiger partial charge < -0.3 is 4.57 Å². The number of nitro benzene ring substituents is 1.